The first-order valence-electron chi connectivity index (χ1n) is 16.7. The summed E-state index contributed by atoms with van der Waals surface area (Å²) in [5.74, 6) is 0.706. The molecule has 9 rings (SSSR count). The van der Waals surface area contributed by atoms with E-state index in [0.29, 0.717) is 5.82 Å². The molecule has 0 aliphatic heterocycles. The summed E-state index contributed by atoms with van der Waals surface area (Å²) < 4.78 is 0. The van der Waals surface area contributed by atoms with Crippen LogP contribution in [0, 0.1) is 0 Å². The molecule has 0 unspecified atom stereocenters. The van der Waals surface area contributed by atoms with E-state index in [-0.39, 0.29) is 0 Å². The van der Waals surface area contributed by atoms with Crippen LogP contribution < -0.4 is 0 Å². The van der Waals surface area contributed by atoms with Crippen molar-refractivity contribution in [2.24, 2.45) is 0 Å². The van der Waals surface area contributed by atoms with Gasteiger partial charge < -0.3 is 0 Å². The van der Waals surface area contributed by atoms with Gasteiger partial charge >= 0.3 is 0 Å². The molecule has 0 saturated heterocycles. The zero-order valence-electron chi connectivity index (χ0n) is 27.1. The summed E-state index contributed by atoms with van der Waals surface area (Å²) in [6, 6.07) is 60.8. The first-order valence-corrected chi connectivity index (χ1v) is 16.7. The summed E-state index contributed by atoms with van der Waals surface area (Å²) in [5.41, 5.74) is 12.1. The van der Waals surface area contributed by atoms with E-state index in [1.165, 1.54) is 16.5 Å². The minimum Gasteiger partial charge on any atom is -0.255 e. The largest absolute Gasteiger partial charge is 0.255 e. The van der Waals surface area contributed by atoms with Crippen molar-refractivity contribution in [2.75, 3.05) is 0 Å². The lowest BCUT2D eigenvalue weighted by Gasteiger charge is -2.15. The van der Waals surface area contributed by atoms with Crippen molar-refractivity contribution < 1.29 is 0 Å². The molecule has 0 radical (unpaired) electrons. The zero-order valence-corrected chi connectivity index (χ0v) is 27.1. The Hall–Kier alpha value is -6.78. The average Bonchev–Trinajstić information content (AvgIpc) is 3.21. The van der Waals surface area contributed by atoms with Gasteiger partial charge in [0.05, 0.1) is 28.3 Å². The maximum Gasteiger partial charge on any atom is 0.160 e. The Morgan fingerprint density at radius 3 is 1.62 bits per heavy atom. The van der Waals surface area contributed by atoms with Crippen LogP contribution in [0.2, 0.25) is 0 Å². The molecule has 4 heteroatoms. The third kappa shape index (κ3) is 5.49. The fourth-order valence-corrected chi connectivity index (χ4v) is 6.69. The zero-order chi connectivity index (χ0) is 33.3. The lowest BCUT2D eigenvalue weighted by Crippen LogP contribution is -1.96. The van der Waals surface area contributed by atoms with Crippen LogP contribution in [0.25, 0.3) is 89.2 Å². The first kappa shape index (κ1) is 29.4. The van der Waals surface area contributed by atoms with Crippen LogP contribution in [0.4, 0.5) is 0 Å². The fraction of sp³-hybridized carbons (Fsp3) is 0. The van der Waals surface area contributed by atoms with Gasteiger partial charge in [-0.2, -0.15) is 0 Å². The van der Waals surface area contributed by atoms with E-state index in [1.54, 1.807) is 0 Å². The van der Waals surface area contributed by atoms with Crippen LogP contribution in [-0.4, -0.2) is 19.9 Å². The molecule has 0 aliphatic carbocycles. The van der Waals surface area contributed by atoms with Gasteiger partial charge in [0.1, 0.15) is 0 Å². The lowest BCUT2D eigenvalue weighted by molar-refractivity contribution is 1.18. The molecular weight excluding hydrogens is 609 g/mol. The van der Waals surface area contributed by atoms with E-state index in [9.17, 15) is 0 Å². The van der Waals surface area contributed by atoms with Gasteiger partial charge in [0.25, 0.3) is 0 Å². The molecular formula is C46H30N4. The summed E-state index contributed by atoms with van der Waals surface area (Å²) in [7, 11) is 0. The van der Waals surface area contributed by atoms with Gasteiger partial charge in [0, 0.05) is 39.0 Å². The molecule has 0 fully saturated rings. The molecule has 0 N–H and O–H groups in total. The molecule has 6 aromatic carbocycles. The molecule has 3 aromatic heterocycles. The number of pyridine rings is 2. The fourth-order valence-electron chi connectivity index (χ4n) is 6.69. The molecule has 50 heavy (non-hydrogen) atoms. The summed E-state index contributed by atoms with van der Waals surface area (Å²) >= 11 is 0. The first-order chi connectivity index (χ1) is 24.8. The summed E-state index contributed by atoms with van der Waals surface area (Å²) in [6.07, 6.45) is 1.83. The quantitative estimate of drug-likeness (QED) is 0.170. The van der Waals surface area contributed by atoms with Crippen LogP contribution in [-0.2, 0) is 0 Å². The number of hydrogen-bond donors (Lipinski definition) is 0. The minimum atomic E-state index is 0.706. The molecule has 0 saturated carbocycles. The van der Waals surface area contributed by atoms with Crippen molar-refractivity contribution in [2.45, 2.75) is 0 Å². The number of benzene rings is 6. The highest BCUT2D eigenvalue weighted by Gasteiger charge is 2.16. The molecule has 234 valence electrons. The van der Waals surface area contributed by atoms with Gasteiger partial charge in [-0.25, -0.2) is 15.0 Å². The van der Waals surface area contributed by atoms with E-state index in [2.05, 4.69) is 121 Å². The molecule has 0 aliphatic rings. The van der Waals surface area contributed by atoms with E-state index in [0.717, 1.165) is 66.9 Å². The van der Waals surface area contributed by atoms with Gasteiger partial charge in [0.15, 0.2) is 5.82 Å². The van der Waals surface area contributed by atoms with Crippen molar-refractivity contribution >= 4 is 21.7 Å². The van der Waals surface area contributed by atoms with Gasteiger partial charge in [-0.1, -0.05) is 152 Å². The maximum atomic E-state index is 5.26. The van der Waals surface area contributed by atoms with Crippen molar-refractivity contribution in [1.29, 1.82) is 0 Å². The number of nitrogens with zero attached hydrogens (tertiary/aromatic N) is 4. The minimum absolute atomic E-state index is 0.706. The van der Waals surface area contributed by atoms with E-state index < -0.39 is 0 Å². The van der Waals surface area contributed by atoms with Crippen molar-refractivity contribution in [3.05, 3.63) is 182 Å². The third-order valence-electron chi connectivity index (χ3n) is 9.15. The Bertz CT molecular complexity index is 2550. The SMILES string of the molecule is c1ccc(-c2cc(-c3ccc(-c4ccc5c(c4)nc(-c4ccccn4)c4cccc(-c6ccccc6)c45)cc3)nc(-c3ccccc3)n2)cc1. The second-order valence-corrected chi connectivity index (χ2v) is 12.3. The summed E-state index contributed by atoms with van der Waals surface area (Å²) in [5, 5.41) is 3.38. The molecule has 0 bridgehead atoms. The van der Waals surface area contributed by atoms with Gasteiger partial charge in [-0.3, -0.25) is 4.98 Å². The highest BCUT2D eigenvalue weighted by molar-refractivity contribution is 6.17. The average molecular weight is 639 g/mol. The normalized spacial score (nSPS) is 11.2. The standard InChI is InChI=1S/C46H30N4/c1-4-13-32(14-5-1)37-19-12-20-39-44(37)38-27-26-36(29-43(38)48-45(39)40-21-10-11-28-47-40)31-22-24-34(25-23-31)42-30-41(33-15-6-2-7-16-33)49-46(50-42)35-17-8-3-9-18-35/h1-30H. The Morgan fingerprint density at radius 1 is 0.340 bits per heavy atom. The Labute approximate surface area is 290 Å². The van der Waals surface area contributed by atoms with Gasteiger partial charge in [-0.05, 0) is 46.5 Å². The second kappa shape index (κ2) is 12.7. The summed E-state index contributed by atoms with van der Waals surface area (Å²) in [4.78, 5) is 19.9. The maximum absolute atomic E-state index is 5.26. The van der Waals surface area contributed by atoms with Crippen LogP contribution in [0.1, 0.15) is 0 Å². The molecule has 3 heterocycles. The highest BCUT2D eigenvalue weighted by Crippen LogP contribution is 2.39. The highest BCUT2D eigenvalue weighted by atomic mass is 14.9. The van der Waals surface area contributed by atoms with Crippen LogP contribution in [0.15, 0.2) is 182 Å². The van der Waals surface area contributed by atoms with Crippen LogP contribution in [0.5, 0.6) is 0 Å². The number of hydrogen-bond acceptors (Lipinski definition) is 4. The predicted octanol–water partition coefficient (Wildman–Crippen LogP) is 11.6. The number of fused-ring (bicyclic) bond motifs is 3. The van der Waals surface area contributed by atoms with Gasteiger partial charge in [-0.15, -0.1) is 0 Å². The Kier molecular flexibility index (Phi) is 7.45. The molecule has 0 atom stereocenters. The van der Waals surface area contributed by atoms with Gasteiger partial charge in [0.2, 0.25) is 0 Å². The Balaban J connectivity index is 1.16. The summed E-state index contributed by atoms with van der Waals surface area (Å²) in [6.45, 7) is 0. The van der Waals surface area contributed by atoms with Crippen LogP contribution >= 0.6 is 0 Å². The number of rotatable bonds is 6. The van der Waals surface area contributed by atoms with E-state index in [4.69, 9.17) is 19.9 Å². The van der Waals surface area contributed by atoms with Crippen LogP contribution in [0.3, 0.4) is 0 Å². The molecule has 4 nitrogen and oxygen atoms in total. The predicted molar refractivity (Wildman–Crippen MR) is 205 cm³/mol. The van der Waals surface area contributed by atoms with Crippen molar-refractivity contribution in [1.82, 2.24) is 19.9 Å². The van der Waals surface area contributed by atoms with E-state index in [1.807, 2.05) is 60.8 Å². The Morgan fingerprint density at radius 2 is 0.940 bits per heavy atom. The van der Waals surface area contributed by atoms with Crippen molar-refractivity contribution in [3.8, 4) is 67.5 Å². The lowest BCUT2D eigenvalue weighted by atomic mass is 9.92. The van der Waals surface area contributed by atoms with Crippen molar-refractivity contribution in [3.63, 3.8) is 0 Å². The third-order valence-corrected chi connectivity index (χ3v) is 9.15. The smallest absolute Gasteiger partial charge is 0.160 e. The number of aromatic nitrogens is 4. The molecule has 0 amide bonds. The molecule has 9 aromatic rings. The second-order valence-electron chi connectivity index (χ2n) is 12.3. The molecule has 0 spiro atoms. The monoisotopic (exact) mass is 638 g/mol. The van der Waals surface area contributed by atoms with E-state index >= 15 is 0 Å². The topological polar surface area (TPSA) is 51.6 Å².